The molecule has 0 aliphatic heterocycles. The largest absolute Gasteiger partial charge is 0.508 e. The highest BCUT2D eigenvalue weighted by Crippen LogP contribution is 2.46. The summed E-state index contributed by atoms with van der Waals surface area (Å²) in [7, 11) is 0. The molecule has 1 aromatic rings. The SMILES string of the molecule is O=C(O)CC(c1cc(O)ccc1Cl)C1CC1. The second kappa shape index (κ2) is 4.34. The van der Waals surface area contributed by atoms with Gasteiger partial charge in [-0.3, -0.25) is 4.79 Å². The van der Waals surface area contributed by atoms with Crippen molar-refractivity contribution in [1.82, 2.24) is 0 Å². The van der Waals surface area contributed by atoms with Crippen LogP contribution < -0.4 is 0 Å². The molecule has 0 heterocycles. The van der Waals surface area contributed by atoms with Gasteiger partial charge < -0.3 is 10.2 Å². The molecule has 0 saturated heterocycles. The number of phenols is 1. The number of aromatic hydroxyl groups is 1. The summed E-state index contributed by atoms with van der Waals surface area (Å²) in [6, 6.07) is 4.70. The first-order valence-electron chi connectivity index (χ1n) is 5.28. The number of benzene rings is 1. The molecule has 1 unspecified atom stereocenters. The Kier molecular flexibility index (Phi) is 3.06. The van der Waals surface area contributed by atoms with Gasteiger partial charge >= 0.3 is 5.97 Å². The summed E-state index contributed by atoms with van der Waals surface area (Å²) in [6.07, 6.45) is 2.17. The molecule has 0 amide bonds. The second-order valence-corrected chi connectivity index (χ2v) is 4.65. The van der Waals surface area contributed by atoms with Gasteiger partial charge in [0.25, 0.3) is 0 Å². The predicted octanol–water partition coefficient (Wildman–Crippen LogP) is 3.01. The molecule has 1 fully saturated rings. The smallest absolute Gasteiger partial charge is 0.303 e. The first kappa shape index (κ1) is 11.3. The maximum absolute atomic E-state index is 10.8. The quantitative estimate of drug-likeness (QED) is 0.851. The number of carboxylic acids is 1. The summed E-state index contributed by atoms with van der Waals surface area (Å²) in [4.78, 5) is 10.8. The van der Waals surface area contributed by atoms with E-state index in [2.05, 4.69) is 0 Å². The highest BCUT2D eigenvalue weighted by molar-refractivity contribution is 6.31. The van der Waals surface area contributed by atoms with E-state index < -0.39 is 5.97 Å². The minimum absolute atomic E-state index is 0.0721. The number of carbonyl (C=O) groups is 1. The Morgan fingerprint density at radius 2 is 2.19 bits per heavy atom. The Bertz CT molecular complexity index is 413. The Hall–Kier alpha value is -1.22. The van der Waals surface area contributed by atoms with Crippen molar-refractivity contribution >= 4 is 17.6 Å². The maximum Gasteiger partial charge on any atom is 0.303 e. The van der Waals surface area contributed by atoms with E-state index in [9.17, 15) is 9.90 Å². The van der Waals surface area contributed by atoms with Crippen LogP contribution in [0.4, 0.5) is 0 Å². The fourth-order valence-electron chi connectivity index (χ4n) is 2.03. The molecule has 4 heteroatoms. The van der Waals surface area contributed by atoms with Gasteiger partial charge in [-0.1, -0.05) is 11.6 Å². The minimum atomic E-state index is -0.823. The normalized spacial score (nSPS) is 17.1. The third-order valence-electron chi connectivity index (χ3n) is 2.96. The van der Waals surface area contributed by atoms with E-state index in [0.717, 1.165) is 18.4 Å². The Morgan fingerprint density at radius 1 is 1.50 bits per heavy atom. The number of carboxylic acid groups (broad SMARTS) is 1. The zero-order valence-corrected chi connectivity index (χ0v) is 9.44. The molecule has 0 aromatic heterocycles. The van der Waals surface area contributed by atoms with Crippen molar-refractivity contribution in [3.8, 4) is 5.75 Å². The van der Waals surface area contributed by atoms with E-state index in [0.29, 0.717) is 10.9 Å². The van der Waals surface area contributed by atoms with Gasteiger partial charge in [-0.05, 0) is 48.4 Å². The van der Waals surface area contributed by atoms with Crippen molar-refractivity contribution in [3.63, 3.8) is 0 Å². The van der Waals surface area contributed by atoms with Gasteiger partial charge in [-0.15, -0.1) is 0 Å². The molecular weight excluding hydrogens is 228 g/mol. The van der Waals surface area contributed by atoms with Crippen molar-refractivity contribution in [1.29, 1.82) is 0 Å². The lowest BCUT2D eigenvalue weighted by molar-refractivity contribution is -0.137. The van der Waals surface area contributed by atoms with Gasteiger partial charge in [0.15, 0.2) is 0 Å². The summed E-state index contributed by atoms with van der Waals surface area (Å²) in [5, 5.41) is 18.8. The van der Waals surface area contributed by atoms with Gasteiger partial charge in [0.05, 0.1) is 6.42 Å². The van der Waals surface area contributed by atoms with E-state index in [4.69, 9.17) is 16.7 Å². The molecule has 0 bridgehead atoms. The van der Waals surface area contributed by atoms with Crippen LogP contribution >= 0.6 is 11.6 Å². The van der Waals surface area contributed by atoms with Gasteiger partial charge in [0.2, 0.25) is 0 Å². The molecule has 1 aliphatic carbocycles. The average molecular weight is 241 g/mol. The van der Waals surface area contributed by atoms with Crippen LogP contribution in [0.25, 0.3) is 0 Å². The van der Waals surface area contributed by atoms with Gasteiger partial charge in [-0.25, -0.2) is 0 Å². The first-order valence-corrected chi connectivity index (χ1v) is 5.66. The van der Waals surface area contributed by atoms with Crippen LogP contribution in [0.15, 0.2) is 18.2 Å². The van der Waals surface area contributed by atoms with Crippen molar-refractivity contribution in [2.24, 2.45) is 5.92 Å². The molecule has 3 nitrogen and oxygen atoms in total. The zero-order chi connectivity index (χ0) is 11.7. The molecule has 2 rings (SSSR count). The topological polar surface area (TPSA) is 57.5 Å². The molecule has 1 aliphatic rings. The van der Waals surface area contributed by atoms with Crippen LogP contribution in [-0.2, 0) is 4.79 Å². The van der Waals surface area contributed by atoms with Crippen molar-refractivity contribution < 1.29 is 15.0 Å². The lowest BCUT2D eigenvalue weighted by atomic mass is 9.91. The number of halogens is 1. The number of phenolic OH excluding ortho intramolecular Hbond substituents is 1. The van der Waals surface area contributed by atoms with Crippen molar-refractivity contribution in [2.45, 2.75) is 25.2 Å². The van der Waals surface area contributed by atoms with Crippen LogP contribution in [-0.4, -0.2) is 16.2 Å². The molecular formula is C12H13ClO3. The predicted molar refractivity (Wildman–Crippen MR) is 60.8 cm³/mol. The van der Waals surface area contributed by atoms with E-state index >= 15 is 0 Å². The van der Waals surface area contributed by atoms with Crippen LogP contribution in [0.5, 0.6) is 5.75 Å². The highest BCUT2D eigenvalue weighted by Gasteiger charge is 2.34. The third kappa shape index (κ3) is 2.47. The van der Waals surface area contributed by atoms with Crippen LogP contribution in [0.2, 0.25) is 5.02 Å². The summed E-state index contributed by atoms with van der Waals surface area (Å²) >= 11 is 6.04. The fraction of sp³-hybridized carbons (Fsp3) is 0.417. The summed E-state index contributed by atoms with van der Waals surface area (Å²) in [5.74, 6) is -0.362. The van der Waals surface area contributed by atoms with E-state index in [1.807, 2.05) is 0 Å². The van der Waals surface area contributed by atoms with E-state index in [-0.39, 0.29) is 18.1 Å². The summed E-state index contributed by atoms with van der Waals surface area (Å²) < 4.78 is 0. The third-order valence-corrected chi connectivity index (χ3v) is 3.31. The molecule has 86 valence electrons. The fourth-order valence-corrected chi connectivity index (χ4v) is 2.29. The second-order valence-electron chi connectivity index (χ2n) is 4.25. The molecule has 0 spiro atoms. The van der Waals surface area contributed by atoms with E-state index in [1.165, 1.54) is 6.07 Å². The van der Waals surface area contributed by atoms with Crippen molar-refractivity contribution in [3.05, 3.63) is 28.8 Å². The number of aliphatic carboxylic acids is 1. The number of rotatable bonds is 4. The van der Waals surface area contributed by atoms with Gasteiger partial charge in [0.1, 0.15) is 5.75 Å². The number of hydrogen-bond acceptors (Lipinski definition) is 2. The first-order chi connectivity index (χ1) is 7.58. The molecule has 2 N–H and O–H groups in total. The Balaban J connectivity index is 2.30. The maximum atomic E-state index is 10.8. The Morgan fingerprint density at radius 3 is 2.75 bits per heavy atom. The molecule has 1 atom stereocenters. The van der Waals surface area contributed by atoms with Crippen molar-refractivity contribution in [2.75, 3.05) is 0 Å². The van der Waals surface area contributed by atoms with E-state index in [1.54, 1.807) is 12.1 Å². The highest BCUT2D eigenvalue weighted by atomic mass is 35.5. The number of hydrogen-bond donors (Lipinski definition) is 2. The molecule has 1 aromatic carbocycles. The van der Waals surface area contributed by atoms with Gasteiger partial charge in [-0.2, -0.15) is 0 Å². The standard InChI is InChI=1S/C12H13ClO3/c13-11-4-3-8(14)5-10(11)9(6-12(15)16)7-1-2-7/h3-5,7,9,14H,1-2,6H2,(H,15,16). The lowest BCUT2D eigenvalue weighted by Gasteiger charge is -2.16. The monoisotopic (exact) mass is 240 g/mol. The summed E-state index contributed by atoms with van der Waals surface area (Å²) in [6.45, 7) is 0. The average Bonchev–Trinajstić information content (AvgIpc) is 3.02. The summed E-state index contributed by atoms with van der Waals surface area (Å²) in [5.41, 5.74) is 0.756. The molecule has 0 radical (unpaired) electrons. The molecule has 16 heavy (non-hydrogen) atoms. The molecule has 1 saturated carbocycles. The van der Waals surface area contributed by atoms with Crippen LogP contribution in [0.3, 0.4) is 0 Å². The van der Waals surface area contributed by atoms with Gasteiger partial charge in [0, 0.05) is 5.02 Å². The van der Waals surface area contributed by atoms with Crippen LogP contribution in [0, 0.1) is 5.92 Å². The van der Waals surface area contributed by atoms with Crippen LogP contribution in [0.1, 0.15) is 30.7 Å². The minimum Gasteiger partial charge on any atom is -0.508 e. The Labute approximate surface area is 98.7 Å². The zero-order valence-electron chi connectivity index (χ0n) is 8.69. The lowest BCUT2D eigenvalue weighted by Crippen LogP contribution is -2.08.